The quantitative estimate of drug-likeness (QED) is 0.497. The molecular weight excluding hydrogens is 408 g/mol. The van der Waals surface area contributed by atoms with Gasteiger partial charge in [0.25, 0.3) is 11.8 Å². The molecule has 0 radical (unpaired) electrons. The maximum atomic E-state index is 13.6. The molecule has 2 heterocycles. The Morgan fingerprint density at radius 3 is 2.55 bits per heavy atom. The fraction of sp³-hybridized carbons (Fsp3) is 0.200. The van der Waals surface area contributed by atoms with E-state index in [1.807, 2.05) is 62.5 Å². The van der Waals surface area contributed by atoms with Gasteiger partial charge in [0.2, 0.25) is 0 Å². The maximum absolute atomic E-state index is 13.6. The van der Waals surface area contributed by atoms with E-state index in [4.69, 9.17) is 4.74 Å². The average Bonchev–Trinajstić information content (AvgIpc) is 3.36. The minimum Gasteiger partial charge on any atom is -0.491 e. The first-order valence-electron chi connectivity index (χ1n) is 10.2. The second-order valence-corrected chi connectivity index (χ2v) is 8.38. The zero-order valence-electron chi connectivity index (χ0n) is 17.8. The number of aryl methyl sites for hydroxylation is 2. The van der Waals surface area contributed by atoms with Gasteiger partial charge in [0.15, 0.2) is 0 Å². The van der Waals surface area contributed by atoms with Crippen LogP contribution in [0.4, 0.5) is 11.4 Å². The lowest BCUT2D eigenvalue weighted by molar-refractivity contribution is -0.120. The Morgan fingerprint density at radius 2 is 1.81 bits per heavy atom. The summed E-state index contributed by atoms with van der Waals surface area (Å²) in [4.78, 5) is 29.1. The highest BCUT2D eigenvalue weighted by atomic mass is 32.1. The molecule has 0 unspecified atom stereocenters. The van der Waals surface area contributed by atoms with Crippen LogP contribution in [0.5, 0.6) is 5.75 Å². The summed E-state index contributed by atoms with van der Waals surface area (Å²) in [6.45, 7) is 6.48. The van der Waals surface area contributed by atoms with Crippen molar-refractivity contribution in [3.8, 4) is 5.75 Å². The highest BCUT2D eigenvalue weighted by Crippen LogP contribution is 2.39. The second-order valence-electron chi connectivity index (χ2n) is 7.43. The molecule has 0 aliphatic carbocycles. The first kappa shape index (κ1) is 20.9. The Labute approximate surface area is 186 Å². The zero-order chi connectivity index (χ0) is 22.0. The smallest absolute Gasteiger partial charge is 0.282 e. The van der Waals surface area contributed by atoms with Gasteiger partial charge < -0.3 is 10.1 Å². The summed E-state index contributed by atoms with van der Waals surface area (Å²) in [5.41, 5.74) is 3.99. The highest BCUT2D eigenvalue weighted by Gasteiger charge is 2.42. The van der Waals surface area contributed by atoms with Crippen molar-refractivity contribution in [3.05, 3.63) is 81.7 Å². The number of benzene rings is 2. The van der Waals surface area contributed by atoms with Crippen LogP contribution in [0.2, 0.25) is 0 Å². The summed E-state index contributed by atoms with van der Waals surface area (Å²) in [5.74, 6) is -0.223. The number of hydrogen-bond acceptors (Lipinski definition) is 5. The molecule has 2 amide bonds. The predicted octanol–water partition coefficient (Wildman–Crippen LogP) is 5.55. The van der Waals surface area contributed by atoms with Crippen molar-refractivity contribution in [2.24, 2.45) is 0 Å². The predicted molar refractivity (Wildman–Crippen MR) is 125 cm³/mol. The van der Waals surface area contributed by atoms with Gasteiger partial charge in [0.05, 0.1) is 17.9 Å². The van der Waals surface area contributed by atoms with Gasteiger partial charge in [-0.3, -0.25) is 9.59 Å². The molecule has 1 aliphatic heterocycles. The lowest BCUT2D eigenvalue weighted by Crippen LogP contribution is -2.32. The molecule has 1 aliphatic rings. The first-order chi connectivity index (χ1) is 15.0. The van der Waals surface area contributed by atoms with E-state index >= 15 is 0 Å². The third kappa shape index (κ3) is 3.99. The van der Waals surface area contributed by atoms with E-state index in [9.17, 15) is 9.59 Å². The lowest BCUT2D eigenvalue weighted by atomic mass is 10.1. The number of para-hydroxylation sites is 2. The van der Waals surface area contributed by atoms with Crippen molar-refractivity contribution < 1.29 is 14.3 Å². The number of thiophene rings is 1. The third-order valence-electron chi connectivity index (χ3n) is 5.07. The zero-order valence-corrected chi connectivity index (χ0v) is 18.6. The minimum atomic E-state index is -0.387. The molecular formula is C25H24N2O3S. The van der Waals surface area contributed by atoms with Crippen LogP contribution in [0.25, 0.3) is 5.57 Å². The number of ether oxygens (including phenoxy) is 1. The normalized spacial score (nSPS) is 13.8. The van der Waals surface area contributed by atoms with E-state index in [1.165, 1.54) is 16.2 Å². The van der Waals surface area contributed by atoms with E-state index in [2.05, 4.69) is 5.32 Å². The fourth-order valence-electron chi connectivity index (χ4n) is 3.50. The van der Waals surface area contributed by atoms with Crippen LogP contribution >= 0.6 is 11.3 Å². The Bertz CT molecular complexity index is 1170. The molecule has 0 fully saturated rings. The molecule has 0 saturated carbocycles. The van der Waals surface area contributed by atoms with Gasteiger partial charge in [-0.25, -0.2) is 4.90 Å². The van der Waals surface area contributed by atoms with E-state index in [-0.39, 0.29) is 17.5 Å². The van der Waals surface area contributed by atoms with E-state index in [0.29, 0.717) is 23.6 Å². The molecule has 0 bridgehead atoms. The molecule has 158 valence electrons. The van der Waals surface area contributed by atoms with E-state index in [1.54, 1.807) is 18.2 Å². The van der Waals surface area contributed by atoms with Crippen molar-refractivity contribution in [2.45, 2.75) is 27.2 Å². The molecule has 2 aromatic carbocycles. The molecule has 3 aromatic rings. The number of imide groups is 1. The number of nitrogens with one attached hydrogen (secondary N) is 1. The number of amides is 2. The first-order valence-corrected chi connectivity index (χ1v) is 11.1. The molecule has 0 spiro atoms. The van der Waals surface area contributed by atoms with Gasteiger partial charge in [-0.1, -0.05) is 37.3 Å². The van der Waals surface area contributed by atoms with Gasteiger partial charge in [0.1, 0.15) is 11.4 Å². The van der Waals surface area contributed by atoms with Crippen molar-refractivity contribution in [3.63, 3.8) is 0 Å². The number of carbonyl (C=O) groups excluding carboxylic acids is 2. The Hall–Kier alpha value is -3.38. The standard InChI is InChI=1S/C25H24N2O3S/c1-4-13-30-20-9-6-5-8-19(20)27-24(28)22(21-10-7-14-31-21)23(25(27)29)26-18-15-16(2)11-12-17(18)3/h5-12,14-15,26H,4,13H2,1-3H3. The highest BCUT2D eigenvalue weighted by molar-refractivity contribution is 7.11. The summed E-state index contributed by atoms with van der Waals surface area (Å²) in [6, 6.07) is 16.9. The van der Waals surface area contributed by atoms with Crippen LogP contribution in [-0.4, -0.2) is 18.4 Å². The molecule has 0 atom stereocenters. The number of rotatable bonds is 7. The summed E-state index contributed by atoms with van der Waals surface area (Å²) < 4.78 is 5.83. The van der Waals surface area contributed by atoms with Crippen LogP contribution in [0, 0.1) is 13.8 Å². The lowest BCUT2D eigenvalue weighted by Gasteiger charge is -2.19. The maximum Gasteiger partial charge on any atom is 0.282 e. The van der Waals surface area contributed by atoms with E-state index < -0.39 is 0 Å². The number of nitrogens with zero attached hydrogens (tertiary/aromatic N) is 1. The number of carbonyl (C=O) groups is 2. The van der Waals surface area contributed by atoms with Crippen LogP contribution in [-0.2, 0) is 9.59 Å². The summed E-state index contributed by atoms with van der Waals surface area (Å²) in [6.07, 6.45) is 0.828. The van der Waals surface area contributed by atoms with Gasteiger partial charge >= 0.3 is 0 Å². The number of anilines is 2. The Kier molecular flexibility index (Phi) is 5.91. The largest absolute Gasteiger partial charge is 0.491 e. The summed E-state index contributed by atoms with van der Waals surface area (Å²) in [7, 11) is 0. The minimum absolute atomic E-state index is 0.284. The molecule has 5 nitrogen and oxygen atoms in total. The van der Waals surface area contributed by atoms with Crippen molar-refractivity contribution in [1.29, 1.82) is 0 Å². The third-order valence-corrected chi connectivity index (χ3v) is 5.96. The van der Waals surface area contributed by atoms with Crippen molar-refractivity contribution in [2.75, 3.05) is 16.8 Å². The topological polar surface area (TPSA) is 58.6 Å². The van der Waals surface area contributed by atoms with Gasteiger partial charge in [-0.2, -0.15) is 0 Å². The molecule has 1 N–H and O–H groups in total. The molecule has 6 heteroatoms. The van der Waals surface area contributed by atoms with Crippen molar-refractivity contribution >= 4 is 40.1 Å². The summed E-state index contributed by atoms with van der Waals surface area (Å²) in [5, 5.41) is 5.16. The second kappa shape index (κ2) is 8.78. The van der Waals surface area contributed by atoms with E-state index in [0.717, 1.165) is 28.1 Å². The molecule has 1 aromatic heterocycles. The SMILES string of the molecule is CCCOc1ccccc1N1C(=O)C(Nc2cc(C)ccc2C)=C(c2cccs2)C1=O. The Morgan fingerprint density at radius 1 is 1.00 bits per heavy atom. The number of hydrogen-bond donors (Lipinski definition) is 1. The van der Waals surface area contributed by atoms with Crippen LogP contribution in [0.3, 0.4) is 0 Å². The molecule has 4 rings (SSSR count). The summed E-state index contributed by atoms with van der Waals surface area (Å²) >= 11 is 1.43. The average molecular weight is 433 g/mol. The van der Waals surface area contributed by atoms with Crippen LogP contribution in [0.15, 0.2) is 65.7 Å². The van der Waals surface area contributed by atoms with Gasteiger partial charge in [0, 0.05) is 10.6 Å². The Balaban J connectivity index is 1.80. The monoisotopic (exact) mass is 432 g/mol. The molecule has 31 heavy (non-hydrogen) atoms. The van der Waals surface area contributed by atoms with Crippen LogP contribution < -0.4 is 15.0 Å². The van der Waals surface area contributed by atoms with Crippen LogP contribution in [0.1, 0.15) is 29.3 Å². The fourth-order valence-corrected chi connectivity index (χ4v) is 4.26. The van der Waals surface area contributed by atoms with Gasteiger partial charge in [-0.05, 0) is 61.0 Å². The molecule has 0 saturated heterocycles. The van der Waals surface area contributed by atoms with Crippen molar-refractivity contribution in [1.82, 2.24) is 0 Å². The van der Waals surface area contributed by atoms with Gasteiger partial charge in [-0.15, -0.1) is 11.3 Å².